The lowest BCUT2D eigenvalue weighted by Crippen LogP contribution is -2.63. The number of rotatable bonds is 6. The Morgan fingerprint density at radius 1 is 1.33 bits per heavy atom. The molecule has 0 saturated heterocycles. The molecule has 106 valence electrons. The zero-order valence-electron chi connectivity index (χ0n) is 12.2. The van der Waals surface area contributed by atoms with E-state index in [1.165, 1.54) is 25.7 Å². The van der Waals surface area contributed by atoms with E-state index in [0.717, 1.165) is 19.6 Å². The van der Waals surface area contributed by atoms with Crippen LogP contribution in [0.15, 0.2) is 0 Å². The van der Waals surface area contributed by atoms with Gasteiger partial charge in [-0.25, -0.2) is 0 Å². The van der Waals surface area contributed by atoms with Crippen molar-refractivity contribution >= 4 is 0 Å². The number of hydrogen-bond acceptors (Lipinski definition) is 3. The van der Waals surface area contributed by atoms with Gasteiger partial charge in [0.05, 0.1) is 6.10 Å². The van der Waals surface area contributed by atoms with E-state index in [9.17, 15) is 5.11 Å². The van der Waals surface area contributed by atoms with Crippen molar-refractivity contribution in [2.45, 2.75) is 65.0 Å². The lowest BCUT2D eigenvalue weighted by Gasteiger charge is -2.55. The normalized spacial score (nSPS) is 30.7. The smallest absolute Gasteiger partial charge is 0.0661 e. The standard InChI is InChI=1S/C15H29NO2/c1-4-18-13-9-12(15(13)7-5-6-8-15)16-10-14(2,3)11-17/h12-13,16-17H,4-11H2,1-3H3. The Labute approximate surface area is 111 Å². The molecule has 0 aromatic rings. The largest absolute Gasteiger partial charge is 0.396 e. The summed E-state index contributed by atoms with van der Waals surface area (Å²) in [6.07, 6.45) is 6.95. The molecule has 2 N–H and O–H groups in total. The average molecular weight is 255 g/mol. The van der Waals surface area contributed by atoms with Gasteiger partial charge < -0.3 is 15.2 Å². The third-order valence-corrected chi connectivity index (χ3v) is 4.94. The second-order valence-corrected chi connectivity index (χ2v) is 6.88. The maximum absolute atomic E-state index is 9.33. The van der Waals surface area contributed by atoms with Gasteiger partial charge in [0.25, 0.3) is 0 Å². The maximum atomic E-state index is 9.33. The fourth-order valence-corrected chi connectivity index (χ4v) is 3.63. The molecule has 18 heavy (non-hydrogen) atoms. The highest BCUT2D eigenvalue weighted by atomic mass is 16.5. The number of ether oxygens (including phenoxy) is 1. The first-order chi connectivity index (χ1) is 8.54. The zero-order chi connectivity index (χ0) is 13.2. The van der Waals surface area contributed by atoms with Crippen molar-refractivity contribution in [2.75, 3.05) is 19.8 Å². The molecular weight excluding hydrogens is 226 g/mol. The molecule has 2 atom stereocenters. The van der Waals surface area contributed by atoms with Gasteiger partial charge in [-0.2, -0.15) is 0 Å². The molecule has 3 nitrogen and oxygen atoms in total. The number of aliphatic hydroxyl groups is 1. The van der Waals surface area contributed by atoms with Crippen LogP contribution in [-0.2, 0) is 4.74 Å². The third-order valence-electron chi connectivity index (χ3n) is 4.94. The van der Waals surface area contributed by atoms with E-state index in [2.05, 4.69) is 26.1 Å². The van der Waals surface area contributed by atoms with Gasteiger partial charge in [-0.05, 0) is 26.2 Å². The summed E-state index contributed by atoms with van der Waals surface area (Å²) in [4.78, 5) is 0. The highest BCUT2D eigenvalue weighted by Gasteiger charge is 2.56. The Morgan fingerprint density at radius 3 is 2.56 bits per heavy atom. The predicted molar refractivity (Wildman–Crippen MR) is 73.6 cm³/mol. The monoisotopic (exact) mass is 255 g/mol. The summed E-state index contributed by atoms with van der Waals surface area (Å²) in [6, 6.07) is 0.599. The van der Waals surface area contributed by atoms with Gasteiger partial charge >= 0.3 is 0 Å². The van der Waals surface area contributed by atoms with Gasteiger partial charge in [0.1, 0.15) is 0 Å². The number of aliphatic hydroxyl groups excluding tert-OH is 1. The van der Waals surface area contributed by atoms with Gasteiger partial charge in [-0.1, -0.05) is 26.7 Å². The SMILES string of the molecule is CCOC1CC(NCC(C)(C)CO)C12CCCC2. The van der Waals surface area contributed by atoms with E-state index in [0.29, 0.717) is 17.6 Å². The molecule has 0 radical (unpaired) electrons. The van der Waals surface area contributed by atoms with Crippen LogP contribution in [0.5, 0.6) is 0 Å². The Balaban J connectivity index is 1.90. The molecule has 2 aliphatic rings. The second-order valence-electron chi connectivity index (χ2n) is 6.88. The Kier molecular flexibility index (Phi) is 4.35. The van der Waals surface area contributed by atoms with Crippen LogP contribution in [0.2, 0.25) is 0 Å². The van der Waals surface area contributed by atoms with E-state index in [1.54, 1.807) is 0 Å². The summed E-state index contributed by atoms with van der Waals surface area (Å²) in [5, 5.41) is 13.0. The minimum atomic E-state index is -0.0174. The van der Waals surface area contributed by atoms with Crippen LogP contribution in [0, 0.1) is 10.8 Å². The topological polar surface area (TPSA) is 41.5 Å². The first-order valence-corrected chi connectivity index (χ1v) is 7.50. The molecule has 3 heteroatoms. The molecule has 2 saturated carbocycles. The number of nitrogens with one attached hydrogen (secondary N) is 1. The van der Waals surface area contributed by atoms with Crippen LogP contribution < -0.4 is 5.32 Å². The van der Waals surface area contributed by atoms with E-state index >= 15 is 0 Å². The molecule has 2 aliphatic carbocycles. The molecule has 0 heterocycles. The predicted octanol–water partition coefficient (Wildman–Crippen LogP) is 2.33. The molecule has 2 unspecified atom stereocenters. The fraction of sp³-hybridized carbons (Fsp3) is 1.00. The second kappa shape index (κ2) is 5.48. The van der Waals surface area contributed by atoms with Crippen LogP contribution in [0.4, 0.5) is 0 Å². The maximum Gasteiger partial charge on any atom is 0.0661 e. The van der Waals surface area contributed by atoms with Gasteiger partial charge in [0, 0.05) is 36.6 Å². The quantitative estimate of drug-likeness (QED) is 0.765. The summed E-state index contributed by atoms with van der Waals surface area (Å²) in [6.45, 7) is 8.29. The van der Waals surface area contributed by atoms with Crippen molar-refractivity contribution in [1.29, 1.82) is 0 Å². The van der Waals surface area contributed by atoms with E-state index in [4.69, 9.17) is 4.74 Å². The molecule has 2 rings (SSSR count). The summed E-state index contributed by atoms with van der Waals surface area (Å²) < 4.78 is 5.91. The lowest BCUT2D eigenvalue weighted by atomic mass is 9.60. The van der Waals surface area contributed by atoms with Gasteiger partial charge in [-0.3, -0.25) is 0 Å². The first-order valence-electron chi connectivity index (χ1n) is 7.50. The van der Waals surface area contributed by atoms with Crippen LogP contribution in [0.3, 0.4) is 0 Å². The molecule has 2 fully saturated rings. The van der Waals surface area contributed by atoms with Gasteiger partial charge in [0.2, 0.25) is 0 Å². The van der Waals surface area contributed by atoms with Crippen LogP contribution in [0.1, 0.15) is 52.9 Å². The molecule has 0 amide bonds. The highest BCUT2D eigenvalue weighted by Crippen LogP contribution is 2.54. The summed E-state index contributed by atoms with van der Waals surface area (Å²) >= 11 is 0. The van der Waals surface area contributed by atoms with Crippen molar-refractivity contribution in [3.05, 3.63) is 0 Å². The van der Waals surface area contributed by atoms with Crippen molar-refractivity contribution in [2.24, 2.45) is 10.8 Å². The molecule has 1 spiro atoms. The van der Waals surface area contributed by atoms with Crippen molar-refractivity contribution < 1.29 is 9.84 Å². The molecule has 0 aromatic heterocycles. The Hall–Kier alpha value is -0.120. The highest BCUT2D eigenvalue weighted by molar-refractivity contribution is 5.10. The van der Waals surface area contributed by atoms with Crippen LogP contribution in [0.25, 0.3) is 0 Å². The minimum absolute atomic E-state index is 0.0174. The van der Waals surface area contributed by atoms with Crippen molar-refractivity contribution in [3.63, 3.8) is 0 Å². The number of hydrogen-bond donors (Lipinski definition) is 2. The fourth-order valence-electron chi connectivity index (χ4n) is 3.63. The van der Waals surface area contributed by atoms with Gasteiger partial charge in [-0.15, -0.1) is 0 Å². The molecular formula is C15H29NO2. The summed E-state index contributed by atoms with van der Waals surface area (Å²) in [7, 11) is 0. The zero-order valence-corrected chi connectivity index (χ0v) is 12.2. The van der Waals surface area contributed by atoms with E-state index in [1.807, 2.05) is 0 Å². The Morgan fingerprint density at radius 2 is 2.00 bits per heavy atom. The van der Waals surface area contributed by atoms with E-state index in [-0.39, 0.29) is 12.0 Å². The van der Waals surface area contributed by atoms with Crippen LogP contribution >= 0.6 is 0 Å². The molecule has 0 aliphatic heterocycles. The first kappa shape index (κ1) is 14.3. The average Bonchev–Trinajstić information content (AvgIpc) is 2.85. The van der Waals surface area contributed by atoms with Crippen molar-refractivity contribution in [1.82, 2.24) is 5.32 Å². The minimum Gasteiger partial charge on any atom is -0.396 e. The van der Waals surface area contributed by atoms with Gasteiger partial charge in [0.15, 0.2) is 0 Å². The molecule has 0 aromatic carbocycles. The Bertz CT molecular complexity index is 272. The molecule has 0 bridgehead atoms. The van der Waals surface area contributed by atoms with E-state index < -0.39 is 0 Å². The van der Waals surface area contributed by atoms with Crippen molar-refractivity contribution in [3.8, 4) is 0 Å². The summed E-state index contributed by atoms with van der Waals surface area (Å²) in [5.74, 6) is 0. The van der Waals surface area contributed by atoms with Crippen LogP contribution in [-0.4, -0.2) is 37.0 Å². The lowest BCUT2D eigenvalue weighted by molar-refractivity contribution is -0.132. The third kappa shape index (κ3) is 2.59. The summed E-state index contributed by atoms with van der Waals surface area (Å²) in [5.41, 5.74) is 0.387.